The third-order valence-corrected chi connectivity index (χ3v) is 9.37. The first-order valence-corrected chi connectivity index (χ1v) is 13.5. The molecule has 11 heteroatoms. The van der Waals surface area contributed by atoms with E-state index in [1.807, 2.05) is 0 Å². The molecule has 2 saturated carbocycles. The van der Waals surface area contributed by atoms with E-state index in [0.29, 0.717) is 30.2 Å². The Kier molecular flexibility index (Phi) is 5.65. The molecule has 33 heavy (non-hydrogen) atoms. The van der Waals surface area contributed by atoms with Crippen LogP contribution in [0.25, 0.3) is 6.20 Å². The van der Waals surface area contributed by atoms with Crippen molar-refractivity contribution in [1.29, 1.82) is 5.41 Å². The minimum absolute atomic E-state index is 0.0141. The van der Waals surface area contributed by atoms with Crippen molar-refractivity contribution < 1.29 is 21.6 Å². The Labute approximate surface area is 191 Å². The summed E-state index contributed by atoms with van der Waals surface area (Å²) in [6.45, 7) is 6.81. The lowest BCUT2D eigenvalue weighted by atomic mass is 9.97. The van der Waals surface area contributed by atoms with Crippen LogP contribution in [0.3, 0.4) is 0 Å². The summed E-state index contributed by atoms with van der Waals surface area (Å²) in [7, 11) is -8.37. The highest BCUT2D eigenvalue weighted by Gasteiger charge is 2.38. The van der Waals surface area contributed by atoms with Crippen LogP contribution in [0, 0.1) is 11.3 Å². The molecule has 0 radical (unpaired) electrons. The van der Waals surface area contributed by atoms with E-state index in [2.05, 4.69) is 18.3 Å². The quantitative estimate of drug-likeness (QED) is 0.387. The van der Waals surface area contributed by atoms with Crippen molar-refractivity contribution in [3.63, 3.8) is 0 Å². The molecule has 9 nitrogen and oxygen atoms in total. The van der Waals surface area contributed by atoms with Gasteiger partial charge in [0.25, 0.3) is 5.56 Å². The van der Waals surface area contributed by atoms with E-state index in [9.17, 15) is 26.4 Å². The van der Waals surface area contributed by atoms with Crippen molar-refractivity contribution in [1.82, 2.24) is 9.78 Å². The highest BCUT2D eigenvalue weighted by Crippen LogP contribution is 2.41. The SMILES string of the molecule is C=Cn1[nH]c(C2CC2)c(C(=O)c2ccc(S(=O)(=O)C=C)c(S(=O)(=O)CC3CC3)c2C=N)c1=O. The van der Waals surface area contributed by atoms with E-state index < -0.39 is 40.8 Å². The van der Waals surface area contributed by atoms with Gasteiger partial charge in [-0.1, -0.05) is 13.2 Å². The van der Waals surface area contributed by atoms with Crippen LogP contribution < -0.4 is 5.56 Å². The molecule has 2 N–H and O–H groups in total. The molecule has 0 atom stereocenters. The number of nitrogens with zero attached hydrogens (tertiary/aromatic N) is 1. The van der Waals surface area contributed by atoms with E-state index >= 15 is 0 Å². The second kappa shape index (κ2) is 8.07. The van der Waals surface area contributed by atoms with Crippen molar-refractivity contribution in [3.8, 4) is 0 Å². The highest BCUT2D eigenvalue weighted by atomic mass is 32.2. The maximum Gasteiger partial charge on any atom is 0.282 e. The summed E-state index contributed by atoms with van der Waals surface area (Å²) in [6.07, 6.45) is 4.87. The van der Waals surface area contributed by atoms with Gasteiger partial charge in [0.1, 0.15) is 5.56 Å². The van der Waals surface area contributed by atoms with Crippen LogP contribution in [0.15, 0.2) is 45.3 Å². The predicted octanol–water partition coefficient (Wildman–Crippen LogP) is 2.48. The van der Waals surface area contributed by atoms with E-state index in [4.69, 9.17) is 5.41 Å². The molecule has 1 heterocycles. The summed E-state index contributed by atoms with van der Waals surface area (Å²) in [5.74, 6) is -1.17. The number of ketones is 1. The Morgan fingerprint density at radius 2 is 1.82 bits per heavy atom. The van der Waals surface area contributed by atoms with Crippen LogP contribution in [0.1, 0.15) is 58.8 Å². The number of carbonyl (C=O) groups is 1. The molecule has 174 valence electrons. The Bertz CT molecular complexity index is 1470. The number of sulfone groups is 2. The average molecular weight is 490 g/mol. The van der Waals surface area contributed by atoms with Gasteiger partial charge in [-0.05, 0) is 43.7 Å². The van der Waals surface area contributed by atoms with Gasteiger partial charge in [0, 0.05) is 34.9 Å². The fourth-order valence-electron chi connectivity index (χ4n) is 3.86. The van der Waals surface area contributed by atoms with Gasteiger partial charge in [-0.25, -0.2) is 21.5 Å². The van der Waals surface area contributed by atoms with Gasteiger partial charge < -0.3 is 5.41 Å². The number of hydrogen-bond donors (Lipinski definition) is 2. The molecule has 1 aromatic heterocycles. The highest BCUT2D eigenvalue weighted by molar-refractivity contribution is 7.96. The van der Waals surface area contributed by atoms with Gasteiger partial charge in [-0.2, -0.15) is 0 Å². The number of nitrogens with one attached hydrogen (secondary N) is 2. The normalized spacial score (nSPS) is 16.4. The molecule has 1 aromatic carbocycles. The summed E-state index contributed by atoms with van der Waals surface area (Å²) in [6, 6.07) is 2.18. The van der Waals surface area contributed by atoms with Gasteiger partial charge in [0.15, 0.2) is 9.84 Å². The number of rotatable bonds is 10. The molecule has 4 rings (SSSR count). The third-order valence-electron chi connectivity index (χ3n) is 5.88. The number of carbonyl (C=O) groups excluding carboxylic acids is 1. The van der Waals surface area contributed by atoms with Crippen molar-refractivity contribution in [3.05, 3.63) is 63.4 Å². The Balaban J connectivity index is 1.99. The van der Waals surface area contributed by atoms with Crippen molar-refractivity contribution >= 4 is 37.9 Å². The molecule has 0 aliphatic heterocycles. The van der Waals surface area contributed by atoms with Crippen LogP contribution in [-0.2, 0) is 19.7 Å². The molecule has 0 unspecified atom stereocenters. The molecule has 0 bridgehead atoms. The maximum atomic E-state index is 13.5. The lowest BCUT2D eigenvalue weighted by Crippen LogP contribution is -2.22. The average Bonchev–Trinajstić information content (AvgIpc) is 3.71. The third kappa shape index (κ3) is 4.06. The molecular formula is C22H23N3O6S2. The van der Waals surface area contributed by atoms with E-state index in [-0.39, 0.29) is 34.3 Å². The molecule has 0 spiro atoms. The van der Waals surface area contributed by atoms with Gasteiger partial charge in [0.05, 0.1) is 21.2 Å². The number of H-pyrrole nitrogens is 1. The standard InChI is InChI=1S/C22H23N3O6S2/c1-3-25-22(27)18(19(24-25)14-7-8-14)20(26)15-9-10-17(32(28,29)4-2)21(16(15)11-23)33(30,31)12-13-5-6-13/h3-4,9-11,13-14,23-24H,1-2,5-8,12H2. The number of aromatic nitrogens is 2. The van der Waals surface area contributed by atoms with Crippen LogP contribution in [0.5, 0.6) is 0 Å². The zero-order valence-corrected chi connectivity index (χ0v) is 19.3. The topological polar surface area (TPSA) is 147 Å². The Morgan fingerprint density at radius 3 is 2.33 bits per heavy atom. The first kappa shape index (κ1) is 23.1. The Hall–Kier alpha value is -3.05. The van der Waals surface area contributed by atoms with E-state index in [1.54, 1.807) is 0 Å². The molecule has 2 aliphatic rings. The molecule has 0 saturated heterocycles. The van der Waals surface area contributed by atoms with Gasteiger partial charge >= 0.3 is 0 Å². The molecule has 0 amide bonds. The summed E-state index contributed by atoms with van der Waals surface area (Å²) in [5.41, 5.74) is -0.956. The molecule has 2 fully saturated rings. The monoisotopic (exact) mass is 489 g/mol. The van der Waals surface area contributed by atoms with Crippen molar-refractivity contribution in [2.75, 3.05) is 5.75 Å². The van der Waals surface area contributed by atoms with Gasteiger partial charge in [-0.15, -0.1) is 0 Å². The minimum Gasteiger partial charge on any atom is -0.308 e. The largest absolute Gasteiger partial charge is 0.308 e. The summed E-state index contributed by atoms with van der Waals surface area (Å²) < 4.78 is 52.8. The summed E-state index contributed by atoms with van der Waals surface area (Å²) in [5, 5.41) is 11.4. The smallest absolute Gasteiger partial charge is 0.282 e. The van der Waals surface area contributed by atoms with Gasteiger partial charge in [-0.3, -0.25) is 14.7 Å². The molecular weight excluding hydrogens is 466 g/mol. The number of hydrogen-bond acceptors (Lipinski definition) is 7. The summed E-state index contributed by atoms with van der Waals surface area (Å²) in [4.78, 5) is 25.2. The predicted molar refractivity (Wildman–Crippen MR) is 123 cm³/mol. The zero-order chi connectivity index (χ0) is 24.1. The number of benzene rings is 1. The lowest BCUT2D eigenvalue weighted by molar-refractivity contribution is 0.103. The fourth-order valence-corrected chi connectivity index (χ4v) is 7.39. The summed E-state index contributed by atoms with van der Waals surface area (Å²) >= 11 is 0. The molecule has 2 aromatic rings. The van der Waals surface area contributed by atoms with E-state index in [1.165, 1.54) is 6.20 Å². The second-order valence-electron chi connectivity index (χ2n) is 8.30. The Morgan fingerprint density at radius 1 is 1.15 bits per heavy atom. The maximum absolute atomic E-state index is 13.5. The van der Waals surface area contributed by atoms with Crippen LogP contribution in [0.4, 0.5) is 0 Å². The first-order valence-electron chi connectivity index (χ1n) is 10.3. The fraction of sp³-hybridized carbons (Fsp3) is 0.318. The lowest BCUT2D eigenvalue weighted by Gasteiger charge is -2.15. The van der Waals surface area contributed by atoms with Crippen LogP contribution in [-0.4, -0.2) is 44.4 Å². The van der Waals surface area contributed by atoms with Crippen molar-refractivity contribution in [2.24, 2.45) is 5.92 Å². The zero-order valence-electron chi connectivity index (χ0n) is 17.7. The van der Waals surface area contributed by atoms with E-state index in [0.717, 1.165) is 29.7 Å². The molecule has 2 aliphatic carbocycles. The second-order valence-corrected chi connectivity index (χ2v) is 12.1. The number of aromatic amines is 1. The van der Waals surface area contributed by atoms with Crippen LogP contribution in [0.2, 0.25) is 0 Å². The first-order chi connectivity index (χ1) is 15.6. The minimum atomic E-state index is -4.20. The van der Waals surface area contributed by atoms with Crippen LogP contribution >= 0.6 is 0 Å². The van der Waals surface area contributed by atoms with Crippen molar-refractivity contribution in [2.45, 2.75) is 41.4 Å². The van der Waals surface area contributed by atoms with Gasteiger partial charge in [0.2, 0.25) is 15.6 Å².